The zero-order valence-electron chi connectivity index (χ0n) is 10.4. The van der Waals surface area contributed by atoms with Crippen LogP contribution in [-0.2, 0) is 11.3 Å². The molecule has 0 spiro atoms. The van der Waals surface area contributed by atoms with E-state index in [1.807, 2.05) is 29.6 Å². The van der Waals surface area contributed by atoms with Gasteiger partial charge in [0.1, 0.15) is 24.2 Å². The Kier molecular flexibility index (Phi) is 3.51. The predicted molar refractivity (Wildman–Crippen MR) is 76.2 cm³/mol. The molecule has 0 saturated carbocycles. The summed E-state index contributed by atoms with van der Waals surface area (Å²) in [4.78, 5) is 19.8. The fourth-order valence-corrected chi connectivity index (χ4v) is 2.37. The Morgan fingerprint density at radius 2 is 2.15 bits per heavy atom. The van der Waals surface area contributed by atoms with E-state index in [4.69, 9.17) is 0 Å². The Morgan fingerprint density at radius 3 is 2.80 bits per heavy atom. The van der Waals surface area contributed by atoms with Gasteiger partial charge in [0.25, 0.3) is 0 Å². The first-order chi connectivity index (χ1) is 9.81. The second-order valence-electron chi connectivity index (χ2n) is 4.06. The minimum atomic E-state index is -0.141. The smallest absolute Gasteiger partial charge is 0.246 e. The van der Waals surface area contributed by atoms with E-state index in [-0.39, 0.29) is 12.5 Å². The van der Waals surface area contributed by atoms with Gasteiger partial charge in [0.15, 0.2) is 0 Å². The van der Waals surface area contributed by atoms with Crippen LogP contribution in [0.1, 0.15) is 0 Å². The maximum absolute atomic E-state index is 11.8. The normalized spacial score (nSPS) is 10.4. The third-order valence-corrected chi connectivity index (χ3v) is 3.44. The van der Waals surface area contributed by atoms with Gasteiger partial charge in [0.05, 0.1) is 0 Å². The monoisotopic (exact) mass is 285 g/mol. The number of carbonyl (C=O) groups excluding carboxylic acids is 1. The van der Waals surface area contributed by atoms with Crippen molar-refractivity contribution in [3.63, 3.8) is 0 Å². The summed E-state index contributed by atoms with van der Waals surface area (Å²) in [5.74, 6) is -0.141. The zero-order chi connectivity index (χ0) is 13.8. The first-order valence-corrected chi connectivity index (χ1v) is 6.81. The van der Waals surface area contributed by atoms with E-state index in [2.05, 4.69) is 20.4 Å². The van der Waals surface area contributed by atoms with Gasteiger partial charge in [0.2, 0.25) is 5.91 Å². The molecule has 1 N–H and O–H groups in total. The highest BCUT2D eigenvalue weighted by atomic mass is 32.1. The van der Waals surface area contributed by atoms with Crippen LogP contribution in [-0.4, -0.2) is 25.7 Å². The topological polar surface area (TPSA) is 72.7 Å². The fraction of sp³-hybridized carbons (Fsp3) is 0.0769. The first-order valence-electron chi connectivity index (χ1n) is 5.93. The van der Waals surface area contributed by atoms with Crippen LogP contribution in [0.3, 0.4) is 0 Å². The number of thiazole rings is 1. The molecule has 0 atom stereocenters. The van der Waals surface area contributed by atoms with Crippen LogP contribution in [0.15, 0.2) is 48.5 Å². The Balaban J connectivity index is 1.65. The molecular weight excluding hydrogens is 274 g/mol. The average molecular weight is 285 g/mol. The molecule has 0 unspecified atom stereocenters. The molecule has 1 aromatic carbocycles. The Bertz CT molecular complexity index is 676. The number of aromatic nitrogens is 4. The van der Waals surface area contributed by atoms with Crippen molar-refractivity contribution in [3.8, 4) is 10.6 Å². The fourth-order valence-electron chi connectivity index (χ4n) is 1.72. The summed E-state index contributed by atoms with van der Waals surface area (Å²) in [5, 5.41) is 9.59. The summed E-state index contributed by atoms with van der Waals surface area (Å²) in [5.41, 5.74) is 1.78. The van der Waals surface area contributed by atoms with E-state index in [1.165, 1.54) is 17.3 Å². The van der Waals surface area contributed by atoms with Gasteiger partial charge in [-0.05, 0) is 24.3 Å². The highest BCUT2D eigenvalue weighted by molar-refractivity contribution is 7.13. The summed E-state index contributed by atoms with van der Waals surface area (Å²) >= 11 is 1.58. The standard InChI is InChI=1S/C13H11N5OS/c19-12(7-18-9-14-8-16-18)17-11-3-1-10(2-4-11)13-15-5-6-20-13/h1-6,8-9H,7H2,(H,17,19). The van der Waals surface area contributed by atoms with Crippen molar-refractivity contribution in [1.82, 2.24) is 19.7 Å². The van der Waals surface area contributed by atoms with Crippen molar-refractivity contribution in [3.05, 3.63) is 48.5 Å². The summed E-state index contributed by atoms with van der Waals surface area (Å²) in [6, 6.07) is 7.58. The minimum absolute atomic E-state index is 0.141. The number of amides is 1. The first kappa shape index (κ1) is 12.5. The van der Waals surface area contributed by atoms with Gasteiger partial charge in [0, 0.05) is 22.8 Å². The molecule has 0 aliphatic carbocycles. The van der Waals surface area contributed by atoms with Gasteiger partial charge in [-0.1, -0.05) is 0 Å². The summed E-state index contributed by atoms with van der Waals surface area (Å²) in [6.07, 6.45) is 4.68. The number of nitrogens with one attached hydrogen (secondary N) is 1. The van der Waals surface area contributed by atoms with Crippen LogP contribution < -0.4 is 5.32 Å². The number of hydrogen-bond acceptors (Lipinski definition) is 5. The van der Waals surface area contributed by atoms with Crippen molar-refractivity contribution in [2.45, 2.75) is 6.54 Å². The number of benzene rings is 1. The molecule has 1 amide bonds. The van der Waals surface area contributed by atoms with Crippen molar-refractivity contribution >= 4 is 22.9 Å². The zero-order valence-corrected chi connectivity index (χ0v) is 11.2. The molecule has 100 valence electrons. The van der Waals surface area contributed by atoms with Crippen LogP contribution >= 0.6 is 11.3 Å². The third-order valence-electron chi connectivity index (χ3n) is 2.62. The lowest BCUT2D eigenvalue weighted by molar-refractivity contribution is -0.116. The van der Waals surface area contributed by atoms with Crippen molar-refractivity contribution in [2.24, 2.45) is 0 Å². The van der Waals surface area contributed by atoms with Gasteiger partial charge < -0.3 is 5.32 Å². The lowest BCUT2D eigenvalue weighted by atomic mass is 10.2. The van der Waals surface area contributed by atoms with Crippen molar-refractivity contribution < 1.29 is 4.79 Å². The molecule has 2 heterocycles. The van der Waals surface area contributed by atoms with Crippen molar-refractivity contribution in [1.29, 1.82) is 0 Å². The summed E-state index contributed by atoms with van der Waals surface area (Å²) in [7, 11) is 0. The minimum Gasteiger partial charge on any atom is -0.324 e. The van der Waals surface area contributed by atoms with Gasteiger partial charge in [-0.25, -0.2) is 14.6 Å². The van der Waals surface area contributed by atoms with Crippen LogP contribution in [0.4, 0.5) is 5.69 Å². The third kappa shape index (κ3) is 2.89. The largest absolute Gasteiger partial charge is 0.324 e. The second-order valence-corrected chi connectivity index (χ2v) is 4.95. The van der Waals surface area contributed by atoms with Gasteiger partial charge in [-0.15, -0.1) is 11.3 Å². The van der Waals surface area contributed by atoms with Crippen LogP contribution in [0.5, 0.6) is 0 Å². The molecule has 0 fully saturated rings. The molecular formula is C13H11N5OS. The lowest BCUT2D eigenvalue weighted by Crippen LogP contribution is -2.18. The SMILES string of the molecule is O=C(Cn1cncn1)Nc1ccc(-c2nccs2)cc1. The van der Waals surface area contributed by atoms with Gasteiger partial charge in [-0.2, -0.15) is 5.10 Å². The predicted octanol–water partition coefficient (Wildman–Crippen LogP) is 2.04. The maximum Gasteiger partial charge on any atom is 0.246 e. The summed E-state index contributed by atoms with van der Waals surface area (Å²) in [6.45, 7) is 0.147. The van der Waals surface area contributed by atoms with E-state index in [1.54, 1.807) is 17.5 Å². The second kappa shape index (κ2) is 5.62. The molecule has 0 aliphatic rings. The van der Waals surface area contributed by atoms with Crippen LogP contribution in [0.25, 0.3) is 10.6 Å². The van der Waals surface area contributed by atoms with Gasteiger partial charge in [-0.3, -0.25) is 4.79 Å². The van der Waals surface area contributed by atoms with E-state index in [9.17, 15) is 4.79 Å². The molecule has 0 saturated heterocycles. The molecule has 0 aliphatic heterocycles. The van der Waals surface area contributed by atoms with Crippen molar-refractivity contribution in [2.75, 3.05) is 5.32 Å². The molecule has 0 bridgehead atoms. The lowest BCUT2D eigenvalue weighted by Gasteiger charge is -2.05. The molecule has 3 aromatic rings. The van der Waals surface area contributed by atoms with Gasteiger partial charge >= 0.3 is 0 Å². The Labute approximate surface area is 119 Å². The molecule has 7 heteroatoms. The molecule has 20 heavy (non-hydrogen) atoms. The van der Waals surface area contributed by atoms with Crippen LogP contribution in [0, 0.1) is 0 Å². The molecule has 3 rings (SSSR count). The average Bonchev–Trinajstić information content (AvgIpc) is 3.12. The van der Waals surface area contributed by atoms with E-state index in [0.29, 0.717) is 0 Å². The molecule has 6 nitrogen and oxygen atoms in total. The highest BCUT2D eigenvalue weighted by Gasteiger charge is 2.05. The van der Waals surface area contributed by atoms with E-state index >= 15 is 0 Å². The van der Waals surface area contributed by atoms with E-state index in [0.717, 1.165) is 16.3 Å². The Hall–Kier alpha value is -2.54. The number of anilines is 1. The van der Waals surface area contributed by atoms with Crippen LogP contribution in [0.2, 0.25) is 0 Å². The van der Waals surface area contributed by atoms with E-state index < -0.39 is 0 Å². The molecule has 0 radical (unpaired) electrons. The maximum atomic E-state index is 11.8. The number of hydrogen-bond donors (Lipinski definition) is 1. The quantitative estimate of drug-likeness (QED) is 0.796. The summed E-state index contributed by atoms with van der Waals surface area (Å²) < 4.78 is 1.47. The number of carbonyl (C=O) groups is 1. The number of nitrogens with zero attached hydrogens (tertiary/aromatic N) is 4. The molecule has 2 aromatic heterocycles. The Morgan fingerprint density at radius 1 is 1.30 bits per heavy atom. The number of rotatable bonds is 4. The highest BCUT2D eigenvalue weighted by Crippen LogP contribution is 2.23.